The second-order valence-electron chi connectivity index (χ2n) is 7.91. The summed E-state index contributed by atoms with van der Waals surface area (Å²) in [5.41, 5.74) is 0.816. The second-order valence-corrected chi connectivity index (χ2v) is 7.91. The summed E-state index contributed by atoms with van der Waals surface area (Å²) >= 11 is 0. The highest BCUT2D eigenvalue weighted by Crippen LogP contribution is 2.39. The maximum Gasteiger partial charge on any atom is 0.343 e. The van der Waals surface area contributed by atoms with Crippen LogP contribution in [0.4, 0.5) is 0 Å². The van der Waals surface area contributed by atoms with Gasteiger partial charge in [-0.15, -0.1) is 0 Å². The predicted octanol–water partition coefficient (Wildman–Crippen LogP) is 4.51. The molecule has 150 valence electrons. The predicted molar refractivity (Wildman–Crippen MR) is 108 cm³/mol. The average molecular weight is 392 g/mol. The summed E-state index contributed by atoms with van der Waals surface area (Å²) in [5.74, 6) is -0.814. The van der Waals surface area contributed by atoms with Crippen LogP contribution in [0.5, 0.6) is 5.75 Å². The number of allylic oxidation sites excluding steroid dienone is 2. The molecule has 0 aromatic heterocycles. The molecule has 1 unspecified atom stereocenters. The summed E-state index contributed by atoms with van der Waals surface area (Å²) in [6.45, 7) is 5.51. The van der Waals surface area contributed by atoms with Crippen LogP contribution in [0.1, 0.15) is 43.1 Å². The number of Topliss-reactive ketones (excluding diaryl/α,β-unsaturated/α-hetero) is 1. The number of rotatable bonds is 6. The first-order valence-corrected chi connectivity index (χ1v) is 9.50. The van der Waals surface area contributed by atoms with Crippen molar-refractivity contribution in [1.82, 2.24) is 0 Å². The molecule has 0 amide bonds. The van der Waals surface area contributed by atoms with E-state index in [9.17, 15) is 14.4 Å². The fraction of sp³-hybridized carbons (Fsp3) is 0.292. The Kier molecular flexibility index (Phi) is 5.97. The van der Waals surface area contributed by atoms with Gasteiger partial charge in [-0.2, -0.15) is 0 Å². The van der Waals surface area contributed by atoms with Gasteiger partial charge >= 0.3 is 5.97 Å². The van der Waals surface area contributed by atoms with E-state index in [4.69, 9.17) is 9.47 Å². The van der Waals surface area contributed by atoms with Crippen molar-refractivity contribution in [3.8, 4) is 5.75 Å². The monoisotopic (exact) mass is 392 g/mol. The van der Waals surface area contributed by atoms with Crippen molar-refractivity contribution in [3.63, 3.8) is 0 Å². The van der Waals surface area contributed by atoms with Gasteiger partial charge in [0.2, 0.25) is 0 Å². The Hall–Kier alpha value is -3.21. The van der Waals surface area contributed by atoms with Crippen molar-refractivity contribution in [2.45, 2.75) is 33.8 Å². The molecule has 5 heteroatoms. The van der Waals surface area contributed by atoms with E-state index in [2.05, 4.69) is 0 Å². The van der Waals surface area contributed by atoms with Crippen molar-refractivity contribution in [1.29, 1.82) is 0 Å². The maximum atomic E-state index is 12.5. The van der Waals surface area contributed by atoms with Gasteiger partial charge in [-0.3, -0.25) is 9.59 Å². The van der Waals surface area contributed by atoms with Crippen LogP contribution in [0.3, 0.4) is 0 Å². The molecule has 0 bridgehead atoms. The Bertz CT molecular complexity index is 939. The highest BCUT2D eigenvalue weighted by atomic mass is 16.5. The number of hydrogen-bond acceptors (Lipinski definition) is 5. The van der Waals surface area contributed by atoms with Gasteiger partial charge in [-0.1, -0.05) is 44.2 Å². The molecule has 0 saturated heterocycles. The SMILES string of the molecule is CC(=O)C1C(=O)C=C(OC(=O)c2ccc(OCc3ccccc3)cc2)CC1(C)C. The average Bonchev–Trinajstić information content (AvgIpc) is 2.66. The van der Waals surface area contributed by atoms with E-state index in [0.717, 1.165) is 5.56 Å². The van der Waals surface area contributed by atoms with E-state index in [0.29, 0.717) is 24.3 Å². The van der Waals surface area contributed by atoms with Crippen molar-refractivity contribution in [3.05, 3.63) is 77.6 Å². The minimum Gasteiger partial charge on any atom is -0.489 e. The molecule has 0 radical (unpaired) electrons. The smallest absolute Gasteiger partial charge is 0.343 e. The van der Waals surface area contributed by atoms with Gasteiger partial charge in [0, 0.05) is 12.5 Å². The maximum absolute atomic E-state index is 12.5. The molecule has 5 nitrogen and oxygen atoms in total. The van der Waals surface area contributed by atoms with Gasteiger partial charge < -0.3 is 9.47 Å². The van der Waals surface area contributed by atoms with Gasteiger partial charge in [0.25, 0.3) is 0 Å². The summed E-state index contributed by atoms with van der Waals surface area (Å²) in [5, 5.41) is 0. The zero-order valence-corrected chi connectivity index (χ0v) is 16.8. The van der Waals surface area contributed by atoms with E-state index in [1.165, 1.54) is 13.0 Å². The molecular weight excluding hydrogens is 368 g/mol. The fourth-order valence-electron chi connectivity index (χ4n) is 3.65. The number of esters is 1. The first-order valence-electron chi connectivity index (χ1n) is 9.50. The first kappa shape index (κ1) is 20.5. The van der Waals surface area contributed by atoms with Crippen LogP contribution in [0.15, 0.2) is 66.4 Å². The van der Waals surface area contributed by atoms with Crippen molar-refractivity contribution < 1.29 is 23.9 Å². The van der Waals surface area contributed by atoms with Gasteiger partial charge in [0.1, 0.15) is 23.9 Å². The molecule has 29 heavy (non-hydrogen) atoms. The molecular formula is C24H24O5. The molecule has 1 aliphatic carbocycles. The molecule has 2 aromatic rings. The van der Waals surface area contributed by atoms with Crippen molar-refractivity contribution in [2.24, 2.45) is 11.3 Å². The number of ether oxygens (including phenoxy) is 2. The molecule has 0 saturated carbocycles. The highest BCUT2D eigenvalue weighted by molar-refractivity contribution is 6.08. The number of benzene rings is 2. The Balaban J connectivity index is 1.63. The first-order chi connectivity index (χ1) is 13.8. The van der Waals surface area contributed by atoms with Crippen LogP contribution in [-0.4, -0.2) is 17.5 Å². The normalized spacial score (nSPS) is 18.0. The third-order valence-electron chi connectivity index (χ3n) is 4.97. The number of carbonyl (C=O) groups excluding carboxylic acids is 3. The number of hydrogen-bond donors (Lipinski definition) is 0. The van der Waals surface area contributed by atoms with E-state index >= 15 is 0 Å². The standard InChI is InChI=1S/C24H24O5/c1-16(25)22-21(26)13-20(14-24(22,2)3)29-23(27)18-9-11-19(12-10-18)28-15-17-7-5-4-6-8-17/h4-13,22H,14-15H2,1-3H3. The lowest BCUT2D eigenvalue weighted by molar-refractivity contribution is -0.134. The Morgan fingerprint density at radius 2 is 1.69 bits per heavy atom. The molecule has 0 aliphatic heterocycles. The number of carbonyl (C=O) groups is 3. The lowest BCUT2D eigenvalue weighted by atomic mass is 9.69. The van der Waals surface area contributed by atoms with E-state index < -0.39 is 17.3 Å². The minimum atomic E-state index is -0.703. The molecule has 0 heterocycles. The molecule has 2 aromatic carbocycles. The van der Waals surface area contributed by atoms with Crippen LogP contribution in [-0.2, 0) is 20.9 Å². The van der Waals surface area contributed by atoms with Crippen LogP contribution in [0, 0.1) is 11.3 Å². The molecule has 1 aliphatic rings. The van der Waals surface area contributed by atoms with Crippen LogP contribution < -0.4 is 4.74 Å². The van der Waals surface area contributed by atoms with Gasteiger partial charge in [0.05, 0.1) is 11.5 Å². The zero-order valence-electron chi connectivity index (χ0n) is 16.8. The lowest BCUT2D eigenvalue weighted by Crippen LogP contribution is -2.39. The Labute approximate surface area is 170 Å². The minimum absolute atomic E-state index is 0.173. The second kappa shape index (κ2) is 8.43. The summed E-state index contributed by atoms with van der Waals surface area (Å²) in [6.07, 6.45) is 1.61. The van der Waals surface area contributed by atoms with Crippen molar-refractivity contribution >= 4 is 17.5 Å². The molecule has 0 spiro atoms. The molecule has 0 fully saturated rings. The van der Waals surface area contributed by atoms with Crippen LogP contribution in [0.2, 0.25) is 0 Å². The largest absolute Gasteiger partial charge is 0.489 e. The van der Waals surface area contributed by atoms with E-state index in [-0.39, 0.29) is 17.3 Å². The highest BCUT2D eigenvalue weighted by Gasteiger charge is 2.42. The van der Waals surface area contributed by atoms with Crippen LogP contribution in [0.25, 0.3) is 0 Å². The summed E-state index contributed by atoms with van der Waals surface area (Å²) in [4.78, 5) is 36.5. The van der Waals surface area contributed by atoms with Gasteiger partial charge in [0.15, 0.2) is 5.78 Å². The van der Waals surface area contributed by atoms with E-state index in [1.54, 1.807) is 24.3 Å². The molecule has 0 N–H and O–H groups in total. The van der Waals surface area contributed by atoms with Gasteiger partial charge in [-0.05, 0) is 42.2 Å². The zero-order chi connectivity index (χ0) is 21.0. The summed E-state index contributed by atoms with van der Waals surface area (Å²) in [6, 6.07) is 16.4. The third-order valence-corrected chi connectivity index (χ3v) is 4.97. The summed E-state index contributed by atoms with van der Waals surface area (Å²) in [7, 11) is 0. The Morgan fingerprint density at radius 1 is 1.03 bits per heavy atom. The van der Waals surface area contributed by atoms with E-state index in [1.807, 2.05) is 44.2 Å². The fourth-order valence-corrected chi connectivity index (χ4v) is 3.65. The molecule has 3 rings (SSSR count). The Morgan fingerprint density at radius 3 is 2.28 bits per heavy atom. The molecule has 1 atom stereocenters. The topological polar surface area (TPSA) is 69.7 Å². The third kappa shape index (κ3) is 4.99. The van der Waals surface area contributed by atoms with Crippen LogP contribution >= 0.6 is 0 Å². The lowest BCUT2D eigenvalue weighted by Gasteiger charge is -2.34. The number of ketones is 2. The quantitative estimate of drug-likeness (QED) is 0.534. The van der Waals surface area contributed by atoms with Crippen molar-refractivity contribution in [2.75, 3.05) is 0 Å². The summed E-state index contributed by atoms with van der Waals surface area (Å²) < 4.78 is 11.1. The van der Waals surface area contributed by atoms with Gasteiger partial charge in [-0.25, -0.2) is 4.79 Å².